The van der Waals surface area contributed by atoms with E-state index >= 15 is 0 Å². The SMILES string of the molecule is Cc1cc(C2CC(C(=O)O)CN2)c(F)cc1O. The van der Waals surface area contributed by atoms with Crippen LogP contribution in [0.5, 0.6) is 5.75 Å². The molecule has 0 bridgehead atoms. The highest BCUT2D eigenvalue weighted by atomic mass is 19.1. The Hall–Kier alpha value is -1.62. The van der Waals surface area contributed by atoms with E-state index < -0.39 is 17.7 Å². The number of aryl methyl sites for hydroxylation is 1. The van der Waals surface area contributed by atoms with Gasteiger partial charge in [0.15, 0.2) is 0 Å². The molecule has 1 aliphatic heterocycles. The first kappa shape index (κ1) is 11.9. The first-order chi connectivity index (χ1) is 7.99. The van der Waals surface area contributed by atoms with Crippen LogP contribution in [-0.2, 0) is 4.79 Å². The van der Waals surface area contributed by atoms with Gasteiger partial charge in [0.1, 0.15) is 11.6 Å². The molecule has 0 aliphatic carbocycles. The summed E-state index contributed by atoms with van der Waals surface area (Å²) >= 11 is 0. The number of aliphatic carboxylic acids is 1. The quantitative estimate of drug-likeness (QED) is 0.732. The monoisotopic (exact) mass is 239 g/mol. The van der Waals surface area contributed by atoms with Crippen molar-refractivity contribution in [2.24, 2.45) is 5.92 Å². The summed E-state index contributed by atoms with van der Waals surface area (Å²) in [5.74, 6) is -1.93. The molecule has 2 atom stereocenters. The Morgan fingerprint density at radius 3 is 2.82 bits per heavy atom. The molecule has 17 heavy (non-hydrogen) atoms. The molecule has 1 aromatic carbocycles. The molecule has 0 aromatic heterocycles. The van der Waals surface area contributed by atoms with Gasteiger partial charge in [0.25, 0.3) is 0 Å². The molecule has 0 saturated carbocycles. The molecule has 1 heterocycles. The second-order valence-corrected chi connectivity index (χ2v) is 4.39. The van der Waals surface area contributed by atoms with Crippen molar-refractivity contribution >= 4 is 5.97 Å². The number of phenols is 1. The van der Waals surface area contributed by atoms with Crippen LogP contribution in [0.2, 0.25) is 0 Å². The molecule has 0 radical (unpaired) electrons. The molecule has 3 N–H and O–H groups in total. The summed E-state index contributed by atoms with van der Waals surface area (Å²) in [7, 11) is 0. The fraction of sp³-hybridized carbons (Fsp3) is 0.417. The van der Waals surface area contributed by atoms with Crippen molar-refractivity contribution in [2.45, 2.75) is 19.4 Å². The first-order valence-electron chi connectivity index (χ1n) is 5.44. The lowest BCUT2D eigenvalue weighted by Gasteiger charge is -2.13. The van der Waals surface area contributed by atoms with Crippen molar-refractivity contribution in [2.75, 3.05) is 6.54 Å². The summed E-state index contributed by atoms with van der Waals surface area (Å²) in [5.41, 5.74) is 1.01. The van der Waals surface area contributed by atoms with Gasteiger partial charge in [-0.15, -0.1) is 0 Å². The lowest BCUT2D eigenvalue weighted by atomic mass is 9.98. The number of halogens is 1. The maximum absolute atomic E-state index is 13.7. The third kappa shape index (κ3) is 2.24. The van der Waals surface area contributed by atoms with Crippen LogP contribution in [0.1, 0.15) is 23.6 Å². The number of aromatic hydroxyl groups is 1. The third-order valence-corrected chi connectivity index (χ3v) is 3.17. The van der Waals surface area contributed by atoms with Gasteiger partial charge in [-0.2, -0.15) is 0 Å². The van der Waals surface area contributed by atoms with Crippen molar-refractivity contribution in [1.29, 1.82) is 0 Å². The van der Waals surface area contributed by atoms with Gasteiger partial charge in [0.2, 0.25) is 0 Å². The second kappa shape index (κ2) is 4.33. The van der Waals surface area contributed by atoms with Crippen molar-refractivity contribution in [3.8, 4) is 5.75 Å². The van der Waals surface area contributed by atoms with Crippen molar-refractivity contribution in [1.82, 2.24) is 5.32 Å². The zero-order valence-electron chi connectivity index (χ0n) is 9.40. The minimum atomic E-state index is -0.865. The molecule has 0 spiro atoms. The van der Waals surface area contributed by atoms with Crippen molar-refractivity contribution < 1.29 is 19.4 Å². The van der Waals surface area contributed by atoms with E-state index in [2.05, 4.69) is 5.32 Å². The molecule has 1 aromatic rings. The maximum atomic E-state index is 13.7. The van der Waals surface area contributed by atoms with E-state index in [0.29, 0.717) is 24.1 Å². The normalized spacial score (nSPS) is 23.9. The lowest BCUT2D eigenvalue weighted by molar-refractivity contribution is -0.141. The summed E-state index contributed by atoms with van der Waals surface area (Å²) in [5, 5.41) is 21.2. The van der Waals surface area contributed by atoms with Crippen LogP contribution in [0.15, 0.2) is 12.1 Å². The second-order valence-electron chi connectivity index (χ2n) is 4.39. The van der Waals surface area contributed by atoms with Crippen LogP contribution in [0.4, 0.5) is 4.39 Å². The van der Waals surface area contributed by atoms with Crippen LogP contribution < -0.4 is 5.32 Å². The molecular formula is C12H14FNO3. The summed E-state index contributed by atoms with van der Waals surface area (Å²) in [6.45, 7) is 2.03. The van der Waals surface area contributed by atoms with Crippen molar-refractivity contribution in [3.05, 3.63) is 29.1 Å². The van der Waals surface area contributed by atoms with Crippen LogP contribution >= 0.6 is 0 Å². The number of nitrogens with one attached hydrogen (secondary N) is 1. The summed E-state index contributed by atoms with van der Waals surface area (Å²) in [6.07, 6.45) is 0.371. The largest absolute Gasteiger partial charge is 0.508 e. The maximum Gasteiger partial charge on any atom is 0.307 e. The highest BCUT2D eigenvalue weighted by molar-refractivity contribution is 5.70. The van der Waals surface area contributed by atoms with Gasteiger partial charge in [-0.3, -0.25) is 4.79 Å². The standard InChI is InChI=1S/C12H14FNO3/c1-6-2-8(9(13)4-11(6)15)10-3-7(5-14-10)12(16)17/h2,4,7,10,14-15H,3,5H2,1H3,(H,16,17). The van der Waals surface area contributed by atoms with Gasteiger partial charge in [0, 0.05) is 24.2 Å². The summed E-state index contributed by atoms with van der Waals surface area (Å²) in [4.78, 5) is 10.8. The predicted octanol–water partition coefficient (Wildman–Crippen LogP) is 1.57. The molecule has 1 saturated heterocycles. The van der Waals surface area contributed by atoms with E-state index in [1.54, 1.807) is 13.0 Å². The molecule has 1 aliphatic rings. The van der Waals surface area contributed by atoms with Crippen molar-refractivity contribution in [3.63, 3.8) is 0 Å². The van der Waals surface area contributed by atoms with Crippen LogP contribution in [0.3, 0.4) is 0 Å². The molecular weight excluding hydrogens is 225 g/mol. The van der Waals surface area contributed by atoms with Gasteiger partial charge < -0.3 is 15.5 Å². The fourth-order valence-electron chi connectivity index (χ4n) is 2.12. The third-order valence-electron chi connectivity index (χ3n) is 3.17. The average molecular weight is 239 g/mol. The highest BCUT2D eigenvalue weighted by Crippen LogP contribution is 2.32. The Balaban J connectivity index is 2.24. The number of benzene rings is 1. The zero-order chi connectivity index (χ0) is 12.6. The summed E-state index contributed by atoms with van der Waals surface area (Å²) in [6, 6.07) is 2.34. The molecule has 0 amide bonds. The van der Waals surface area contributed by atoms with Gasteiger partial charge in [-0.1, -0.05) is 0 Å². The number of hydrogen-bond acceptors (Lipinski definition) is 3. The Morgan fingerprint density at radius 1 is 1.53 bits per heavy atom. The predicted molar refractivity (Wildman–Crippen MR) is 59.3 cm³/mol. The van der Waals surface area contributed by atoms with E-state index in [-0.39, 0.29) is 11.8 Å². The van der Waals surface area contributed by atoms with E-state index in [9.17, 15) is 14.3 Å². The zero-order valence-corrected chi connectivity index (χ0v) is 9.40. The number of hydrogen-bond donors (Lipinski definition) is 3. The smallest absolute Gasteiger partial charge is 0.307 e. The topological polar surface area (TPSA) is 69.6 Å². The van der Waals surface area contributed by atoms with E-state index in [0.717, 1.165) is 6.07 Å². The minimum absolute atomic E-state index is 0.0842. The highest BCUT2D eigenvalue weighted by Gasteiger charge is 2.31. The first-order valence-corrected chi connectivity index (χ1v) is 5.44. The van der Waals surface area contributed by atoms with E-state index in [1.807, 2.05) is 0 Å². The van der Waals surface area contributed by atoms with Gasteiger partial charge in [-0.05, 0) is 25.0 Å². The number of rotatable bonds is 2. The Bertz CT molecular complexity index is 461. The number of carboxylic acid groups (broad SMARTS) is 1. The van der Waals surface area contributed by atoms with E-state index in [4.69, 9.17) is 5.11 Å². The van der Waals surface area contributed by atoms with Gasteiger partial charge in [0.05, 0.1) is 5.92 Å². The van der Waals surface area contributed by atoms with Crippen LogP contribution in [0, 0.1) is 18.7 Å². The van der Waals surface area contributed by atoms with Gasteiger partial charge >= 0.3 is 5.97 Å². The van der Waals surface area contributed by atoms with E-state index in [1.165, 1.54) is 0 Å². The molecule has 2 unspecified atom stereocenters. The fourth-order valence-corrected chi connectivity index (χ4v) is 2.12. The number of phenolic OH excluding ortho intramolecular Hbond substituents is 1. The van der Waals surface area contributed by atoms with Gasteiger partial charge in [-0.25, -0.2) is 4.39 Å². The molecule has 92 valence electrons. The summed E-state index contributed by atoms with van der Waals surface area (Å²) < 4.78 is 13.7. The minimum Gasteiger partial charge on any atom is -0.508 e. The average Bonchev–Trinajstić information content (AvgIpc) is 2.72. The number of carbonyl (C=O) groups is 1. The molecule has 2 rings (SSSR count). The molecule has 5 heteroatoms. The Kier molecular flexibility index (Phi) is 3.02. The Labute approximate surface area is 98.1 Å². The molecule has 4 nitrogen and oxygen atoms in total. The van der Waals surface area contributed by atoms with Crippen LogP contribution in [-0.4, -0.2) is 22.7 Å². The number of carboxylic acids is 1. The molecule has 1 fully saturated rings. The lowest BCUT2D eigenvalue weighted by Crippen LogP contribution is -2.17. The van der Waals surface area contributed by atoms with Crippen LogP contribution in [0.25, 0.3) is 0 Å². The Morgan fingerprint density at radius 2 is 2.24 bits per heavy atom.